The predicted molar refractivity (Wildman–Crippen MR) is 107 cm³/mol. The van der Waals surface area contributed by atoms with Crippen molar-refractivity contribution in [3.8, 4) is 28.6 Å². The van der Waals surface area contributed by atoms with Gasteiger partial charge in [0.15, 0.2) is 6.61 Å². The van der Waals surface area contributed by atoms with Gasteiger partial charge in [-0.15, -0.1) is 0 Å². The summed E-state index contributed by atoms with van der Waals surface area (Å²) in [4.78, 5) is 16.3. The number of nitrogens with one attached hydrogen (secondary N) is 1. The van der Waals surface area contributed by atoms with Crippen LogP contribution < -0.4 is 10.1 Å². The van der Waals surface area contributed by atoms with Crippen molar-refractivity contribution >= 4 is 5.91 Å². The maximum Gasteiger partial charge on any atom is 0.258 e. The Bertz CT molecular complexity index is 967. The van der Waals surface area contributed by atoms with Crippen LogP contribution in [0.1, 0.15) is 12.8 Å². The van der Waals surface area contributed by atoms with Gasteiger partial charge in [-0.3, -0.25) is 4.79 Å². The molecule has 1 aliphatic rings. The van der Waals surface area contributed by atoms with Crippen molar-refractivity contribution in [1.29, 1.82) is 0 Å². The van der Waals surface area contributed by atoms with Crippen LogP contribution in [0.3, 0.4) is 0 Å². The standard InChI is InChI=1S/C22H22FN3O4/c23-18-5-1-17(2-6-18)22-25-21(26-30-22)16-3-7-19(8-4-16)29-14-20(27)24-13-15-9-11-28-12-10-15/h1-8,15H,9-14H2,(H,24,27). The Hall–Kier alpha value is -3.26. The number of rotatable bonds is 7. The summed E-state index contributed by atoms with van der Waals surface area (Å²) >= 11 is 0. The molecule has 7 nitrogen and oxygen atoms in total. The zero-order chi connectivity index (χ0) is 20.8. The van der Waals surface area contributed by atoms with Gasteiger partial charge in [0.25, 0.3) is 11.8 Å². The third kappa shape index (κ3) is 5.21. The molecule has 0 aliphatic carbocycles. The fourth-order valence-electron chi connectivity index (χ4n) is 3.16. The number of carbonyl (C=O) groups excluding carboxylic acids is 1. The summed E-state index contributed by atoms with van der Waals surface area (Å²) in [6, 6.07) is 12.9. The van der Waals surface area contributed by atoms with Crippen molar-refractivity contribution in [2.24, 2.45) is 5.92 Å². The SMILES string of the molecule is O=C(COc1ccc(-c2noc(-c3ccc(F)cc3)n2)cc1)NCC1CCOCC1. The molecule has 2 aromatic carbocycles. The lowest BCUT2D eigenvalue weighted by Crippen LogP contribution is -2.35. The van der Waals surface area contributed by atoms with E-state index < -0.39 is 0 Å². The van der Waals surface area contributed by atoms with Gasteiger partial charge in [0.05, 0.1) is 0 Å². The molecule has 0 saturated carbocycles. The monoisotopic (exact) mass is 411 g/mol. The third-order valence-corrected chi connectivity index (χ3v) is 4.93. The van der Waals surface area contributed by atoms with E-state index in [-0.39, 0.29) is 18.3 Å². The molecule has 1 N–H and O–H groups in total. The van der Waals surface area contributed by atoms with E-state index >= 15 is 0 Å². The predicted octanol–water partition coefficient (Wildman–Crippen LogP) is 3.46. The third-order valence-electron chi connectivity index (χ3n) is 4.93. The molecule has 1 aromatic heterocycles. The number of hydrogen-bond acceptors (Lipinski definition) is 6. The van der Waals surface area contributed by atoms with Gasteiger partial charge >= 0.3 is 0 Å². The largest absolute Gasteiger partial charge is 0.484 e. The first-order chi connectivity index (χ1) is 14.7. The van der Waals surface area contributed by atoms with Crippen molar-refractivity contribution in [3.05, 3.63) is 54.3 Å². The Balaban J connectivity index is 1.28. The molecule has 1 fully saturated rings. The van der Waals surface area contributed by atoms with Crippen LogP contribution in [0.4, 0.5) is 4.39 Å². The van der Waals surface area contributed by atoms with Crippen LogP contribution in [0, 0.1) is 11.7 Å². The normalized spacial score (nSPS) is 14.4. The summed E-state index contributed by atoms with van der Waals surface area (Å²) < 4.78 is 29.2. The number of carbonyl (C=O) groups is 1. The minimum atomic E-state index is -0.327. The molecule has 0 unspecified atom stereocenters. The van der Waals surface area contributed by atoms with Crippen molar-refractivity contribution in [2.45, 2.75) is 12.8 Å². The molecule has 4 rings (SSSR count). The molecule has 0 radical (unpaired) electrons. The lowest BCUT2D eigenvalue weighted by molar-refractivity contribution is -0.123. The van der Waals surface area contributed by atoms with Crippen molar-refractivity contribution in [3.63, 3.8) is 0 Å². The maximum absolute atomic E-state index is 13.0. The average Bonchev–Trinajstić information content (AvgIpc) is 3.28. The van der Waals surface area contributed by atoms with Gasteiger partial charge in [0.1, 0.15) is 11.6 Å². The van der Waals surface area contributed by atoms with Crippen molar-refractivity contribution in [1.82, 2.24) is 15.5 Å². The topological polar surface area (TPSA) is 86.5 Å². The molecule has 1 amide bonds. The molecule has 1 saturated heterocycles. The van der Waals surface area contributed by atoms with E-state index in [1.54, 1.807) is 36.4 Å². The van der Waals surface area contributed by atoms with Gasteiger partial charge in [-0.2, -0.15) is 4.98 Å². The van der Waals surface area contributed by atoms with Crippen LogP contribution >= 0.6 is 0 Å². The highest BCUT2D eigenvalue weighted by atomic mass is 19.1. The Morgan fingerprint density at radius 1 is 1.07 bits per heavy atom. The fourth-order valence-corrected chi connectivity index (χ4v) is 3.16. The average molecular weight is 411 g/mol. The first kappa shape index (κ1) is 20.0. The van der Waals surface area contributed by atoms with Gasteiger partial charge in [-0.1, -0.05) is 5.16 Å². The van der Waals surface area contributed by atoms with Gasteiger partial charge in [0.2, 0.25) is 5.82 Å². The molecule has 156 valence electrons. The van der Waals surface area contributed by atoms with Gasteiger partial charge in [-0.05, 0) is 67.3 Å². The second kappa shape index (κ2) is 9.49. The summed E-state index contributed by atoms with van der Waals surface area (Å²) in [5.41, 5.74) is 1.38. The van der Waals surface area contributed by atoms with E-state index in [2.05, 4.69) is 15.5 Å². The minimum absolute atomic E-state index is 0.0422. The summed E-state index contributed by atoms with van der Waals surface area (Å²) in [5.74, 6) is 1.29. The van der Waals surface area contributed by atoms with Crippen LogP contribution in [0.25, 0.3) is 22.8 Å². The molecule has 0 spiro atoms. The molecule has 2 heterocycles. The van der Waals surface area contributed by atoms with E-state index in [9.17, 15) is 9.18 Å². The summed E-state index contributed by atoms with van der Waals surface area (Å²) in [7, 11) is 0. The molecule has 30 heavy (non-hydrogen) atoms. The second-order valence-corrected chi connectivity index (χ2v) is 7.10. The molecule has 1 aliphatic heterocycles. The van der Waals surface area contributed by atoms with E-state index in [1.807, 2.05) is 0 Å². The highest BCUT2D eigenvalue weighted by Crippen LogP contribution is 2.24. The number of benzene rings is 2. The number of ether oxygens (including phenoxy) is 2. The summed E-state index contributed by atoms with van der Waals surface area (Å²) in [6.07, 6.45) is 1.95. The van der Waals surface area contributed by atoms with Gasteiger partial charge < -0.3 is 19.3 Å². The minimum Gasteiger partial charge on any atom is -0.484 e. The highest BCUT2D eigenvalue weighted by molar-refractivity contribution is 5.77. The number of nitrogens with zero attached hydrogens (tertiary/aromatic N) is 2. The molecular formula is C22H22FN3O4. The lowest BCUT2D eigenvalue weighted by atomic mass is 10.0. The zero-order valence-electron chi connectivity index (χ0n) is 16.3. The quantitative estimate of drug-likeness (QED) is 0.641. The fraction of sp³-hybridized carbons (Fsp3) is 0.318. The Labute approximate surface area is 173 Å². The summed E-state index contributed by atoms with van der Waals surface area (Å²) in [5, 5.41) is 6.87. The number of halogens is 1. The number of amides is 1. The van der Waals surface area contributed by atoms with Crippen LogP contribution in [0.5, 0.6) is 5.75 Å². The molecule has 8 heteroatoms. The highest BCUT2D eigenvalue weighted by Gasteiger charge is 2.15. The molecular weight excluding hydrogens is 389 g/mol. The van der Waals surface area contributed by atoms with E-state index in [0.717, 1.165) is 31.6 Å². The first-order valence-electron chi connectivity index (χ1n) is 9.85. The van der Waals surface area contributed by atoms with E-state index in [0.29, 0.717) is 35.5 Å². The van der Waals surface area contributed by atoms with Crippen LogP contribution in [-0.2, 0) is 9.53 Å². The Kier molecular flexibility index (Phi) is 6.34. The van der Waals surface area contributed by atoms with Crippen LogP contribution in [0.15, 0.2) is 53.1 Å². The van der Waals surface area contributed by atoms with Crippen molar-refractivity contribution in [2.75, 3.05) is 26.4 Å². The first-order valence-corrected chi connectivity index (χ1v) is 9.85. The Morgan fingerprint density at radius 3 is 2.50 bits per heavy atom. The van der Waals surface area contributed by atoms with Crippen LogP contribution in [0.2, 0.25) is 0 Å². The van der Waals surface area contributed by atoms with Crippen LogP contribution in [-0.4, -0.2) is 42.4 Å². The number of hydrogen-bond donors (Lipinski definition) is 1. The zero-order valence-corrected chi connectivity index (χ0v) is 16.3. The molecule has 0 atom stereocenters. The van der Waals surface area contributed by atoms with E-state index in [4.69, 9.17) is 14.0 Å². The molecule has 0 bridgehead atoms. The lowest BCUT2D eigenvalue weighted by Gasteiger charge is -2.22. The van der Waals surface area contributed by atoms with E-state index in [1.165, 1.54) is 12.1 Å². The second-order valence-electron chi connectivity index (χ2n) is 7.10. The summed E-state index contributed by atoms with van der Waals surface area (Å²) in [6.45, 7) is 2.13. The van der Waals surface area contributed by atoms with Crippen molar-refractivity contribution < 1.29 is 23.2 Å². The maximum atomic E-state index is 13.0. The number of aromatic nitrogens is 2. The van der Waals surface area contributed by atoms with Gasteiger partial charge in [0, 0.05) is 30.9 Å². The van der Waals surface area contributed by atoms with Gasteiger partial charge in [-0.25, -0.2) is 4.39 Å². The Morgan fingerprint density at radius 2 is 1.77 bits per heavy atom. The smallest absolute Gasteiger partial charge is 0.258 e. The molecule has 3 aromatic rings.